The molecule has 1 N–H and O–H groups in total. The second-order valence-electron chi connectivity index (χ2n) is 6.60. The lowest BCUT2D eigenvalue weighted by Gasteiger charge is -2.09. The Kier molecular flexibility index (Phi) is 3.77. The topological polar surface area (TPSA) is 29.3 Å². The molecule has 0 spiro atoms. The number of aryl methyl sites for hydroxylation is 3. The van der Waals surface area contributed by atoms with Crippen LogP contribution in [0.25, 0.3) is 16.9 Å². The molecule has 124 valence electrons. The molecule has 0 bridgehead atoms. The SMILES string of the molecule is Cc1ccc(Nc2c(-c3ccc(C)cc3)nc3cc(C)ccn23)cc1. The molecule has 3 heteroatoms. The minimum atomic E-state index is 0.949. The van der Waals surface area contributed by atoms with Gasteiger partial charge < -0.3 is 5.32 Å². The Bertz CT molecular complexity index is 1030. The maximum Gasteiger partial charge on any atom is 0.143 e. The van der Waals surface area contributed by atoms with Crippen LogP contribution in [-0.4, -0.2) is 9.38 Å². The number of benzene rings is 2. The van der Waals surface area contributed by atoms with Gasteiger partial charge in [0.05, 0.1) is 0 Å². The van der Waals surface area contributed by atoms with Crippen LogP contribution >= 0.6 is 0 Å². The van der Waals surface area contributed by atoms with Gasteiger partial charge in [0.2, 0.25) is 0 Å². The molecular formula is C22H21N3. The van der Waals surface area contributed by atoms with Crippen molar-refractivity contribution in [1.82, 2.24) is 9.38 Å². The van der Waals surface area contributed by atoms with Crippen molar-refractivity contribution in [3.8, 4) is 11.3 Å². The molecule has 0 aliphatic rings. The summed E-state index contributed by atoms with van der Waals surface area (Å²) in [6.45, 7) is 6.29. The third-order valence-corrected chi connectivity index (χ3v) is 4.42. The maximum absolute atomic E-state index is 4.89. The number of imidazole rings is 1. The zero-order valence-corrected chi connectivity index (χ0v) is 14.7. The number of nitrogens with one attached hydrogen (secondary N) is 1. The molecule has 0 aliphatic carbocycles. The van der Waals surface area contributed by atoms with Gasteiger partial charge in [-0.15, -0.1) is 0 Å². The van der Waals surface area contributed by atoms with Crippen LogP contribution in [0.2, 0.25) is 0 Å². The van der Waals surface area contributed by atoms with Crippen molar-refractivity contribution in [2.24, 2.45) is 0 Å². The smallest absolute Gasteiger partial charge is 0.143 e. The second-order valence-corrected chi connectivity index (χ2v) is 6.60. The highest BCUT2D eigenvalue weighted by Gasteiger charge is 2.14. The number of fused-ring (bicyclic) bond motifs is 1. The lowest BCUT2D eigenvalue weighted by Crippen LogP contribution is -1.97. The van der Waals surface area contributed by atoms with Gasteiger partial charge in [0, 0.05) is 17.4 Å². The molecule has 0 radical (unpaired) electrons. The summed E-state index contributed by atoms with van der Waals surface area (Å²) >= 11 is 0. The highest BCUT2D eigenvalue weighted by Crippen LogP contribution is 2.31. The summed E-state index contributed by atoms with van der Waals surface area (Å²) in [7, 11) is 0. The van der Waals surface area contributed by atoms with E-state index in [1.165, 1.54) is 16.7 Å². The van der Waals surface area contributed by atoms with Crippen molar-refractivity contribution < 1.29 is 0 Å². The van der Waals surface area contributed by atoms with Crippen LogP contribution in [0.4, 0.5) is 11.5 Å². The van der Waals surface area contributed by atoms with E-state index < -0.39 is 0 Å². The summed E-state index contributed by atoms with van der Waals surface area (Å²) in [5.74, 6) is 0.989. The van der Waals surface area contributed by atoms with E-state index >= 15 is 0 Å². The van der Waals surface area contributed by atoms with E-state index in [0.717, 1.165) is 28.4 Å². The first-order chi connectivity index (χ1) is 12.1. The molecule has 25 heavy (non-hydrogen) atoms. The molecule has 2 aromatic heterocycles. The quantitative estimate of drug-likeness (QED) is 0.525. The van der Waals surface area contributed by atoms with Crippen LogP contribution in [-0.2, 0) is 0 Å². The van der Waals surface area contributed by atoms with Gasteiger partial charge in [-0.2, -0.15) is 0 Å². The summed E-state index contributed by atoms with van der Waals surface area (Å²) in [6.07, 6.45) is 2.08. The van der Waals surface area contributed by atoms with Gasteiger partial charge in [0.25, 0.3) is 0 Å². The van der Waals surface area contributed by atoms with E-state index in [1.54, 1.807) is 0 Å². The summed E-state index contributed by atoms with van der Waals surface area (Å²) in [5, 5.41) is 3.56. The van der Waals surface area contributed by atoms with Gasteiger partial charge in [-0.05, 0) is 50.6 Å². The summed E-state index contributed by atoms with van der Waals surface area (Å²) < 4.78 is 2.11. The van der Waals surface area contributed by atoms with E-state index in [9.17, 15) is 0 Å². The molecule has 0 amide bonds. The highest BCUT2D eigenvalue weighted by molar-refractivity contribution is 5.79. The lowest BCUT2D eigenvalue weighted by molar-refractivity contribution is 1.17. The Morgan fingerprint density at radius 2 is 1.40 bits per heavy atom. The third kappa shape index (κ3) is 3.01. The summed E-state index contributed by atoms with van der Waals surface area (Å²) in [4.78, 5) is 4.89. The van der Waals surface area contributed by atoms with Crippen molar-refractivity contribution in [3.05, 3.63) is 83.6 Å². The van der Waals surface area contributed by atoms with E-state index in [-0.39, 0.29) is 0 Å². The van der Waals surface area contributed by atoms with Crippen LogP contribution in [0.15, 0.2) is 66.9 Å². The van der Waals surface area contributed by atoms with Crippen LogP contribution in [0.1, 0.15) is 16.7 Å². The molecule has 2 heterocycles. The molecule has 4 aromatic rings. The first-order valence-electron chi connectivity index (χ1n) is 8.49. The number of aromatic nitrogens is 2. The molecule has 3 nitrogen and oxygen atoms in total. The zero-order chi connectivity index (χ0) is 17.4. The number of anilines is 2. The van der Waals surface area contributed by atoms with Crippen LogP contribution in [0, 0.1) is 20.8 Å². The Balaban J connectivity index is 1.88. The van der Waals surface area contributed by atoms with Crippen molar-refractivity contribution in [1.29, 1.82) is 0 Å². The van der Waals surface area contributed by atoms with Gasteiger partial charge in [-0.3, -0.25) is 4.40 Å². The molecular weight excluding hydrogens is 306 g/mol. The van der Waals surface area contributed by atoms with Gasteiger partial charge >= 0.3 is 0 Å². The Hall–Kier alpha value is -3.07. The summed E-state index contributed by atoms with van der Waals surface area (Å²) in [5.41, 5.74) is 7.78. The molecule has 0 atom stereocenters. The van der Waals surface area contributed by atoms with Crippen molar-refractivity contribution in [2.75, 3.05) is 5.32 Å². The van der Waals surface area contributed by atoms with Crippen molar-refractivity contribution in [2.45, 2.75) is 20.8 Å². The van der Waals surface area contributed by atoms with E-state index in [0.29, 0.717) is 0 Å². The number of pyridine rings is 1. The first-order valence-corrected chi connectivity index (χ1v) is 8.49. The molecule has 2 aromatic carbocycles. The average Bonchev–Trinajstić information content (AvgIpc) is 2.95. The van der Waals surface area contributed by atoms with E-state index in [4.69, 9.17) is 4.98 Å². The molecule has 4 rings (SSSR count). The Labute approximate surface area is 148 Å². The number of hydrogen-bond donors (Lipinski definition) is 1. The van der Waals surface area contributed by atoms with Gasteiger partial charge in [0.1, 0.15) is 17.2 Å². The molecule has 0 unspecified atom stereocenters. The summed E-state index contributed by atoms with van der Waals surface area (Å²) in [6, 6.07) is 21.1. The van der Waals surface area contributed by atoms with Gasteiger partial charge in [-0.25, -0.2) is 4.98 Å². The fourth-order valence-corrected chi connectivity index (χ4v) is 2.95. The first kappa shape index (κ1) is 15.5. The molecule has 0 saturated heterocycles. The fraction of sp³-hybridized carbons (Fsp3) is 0.136. The number of rotatable bonds is 3. The predicted octanol–water partition coefficient (Wildman–Crippen LogP) is 5.67. The highest BCUT2D eigenvalue weighted by atomic mass is 15.1. The average molecular weight is 327 g/mol. The largest absolute Gasteiger partial charge is 0.339 e. The van der Waals surface area contributed by atoms with Crippen LogP contribution in [0.3, 0.4) is 0 Å². The van der Waals surface area contributed by atoms with E-state index in [1.807, 2.05) is 0 Å². The second kappa shape index (κ2) is 6.10. The molecule has 0 aliphatic heterocycles. The van der Waals surface area contributed by atoms with Gasteiger partial charge in [-0.1, -0.05) is 47.5 Å². The predicted molar refractivity (Wildman–Crippen MR) is 105 cm³/mol. The minimum Gasteiger partial charge on any atom is -0.339 e. The van der Waals surface area contributed by atoms with Gasteiger partial charge in [0.15, 0.2) is 0 Å². The van der Waals surface area contributed by atoms with Crippen LogP contribution in [0.5, 0.6) is 0 Å². The Morgan fingerprint density at radius 3 is 2.08 bits per heavy atom. The Morgan fingerprint density at radius 1 is 0.760 bits per heavy atom. The van der Waals surface area contributed by atoms with Crippen molar-refractivity contribution >= 4 is 17.2 Å². The van der Waals surface area contributed by atoms with Crippen molar-refractivity contribution in [3.63, 3.8) is 0 Å². The number of hydrogen-bond acceptors (Lipinski definition) is 2. The normalized spacial score (nSPS) is 11.0. The van der Waals surface area contributed by atoms with Crippen LogP contribution < -0.4 is 5.32 Å². The fourth-order valence-electron chi connectivity index (χ4n) is 2.95. The monoisotopic (exact) mass is 327 g/mol. The number of nitrogens with zero attached hydrogens (tertiary/aromatic N) is 2. The lowest BCUT2D eigenvalue weighted by atomic mass is 10.1. The molecule has 0 fully saturated rings. The standard InChI is InChI=1S/C22H21N3/c1-15-4-8-18(9-5-15)21-22(23-19-10-6-16(2)7-11-19)25-13-12-17(3)14-20(25)24-21/h4-14,23H,1-3H3. The maximum atomic E-state index is 4.89. The minimum absolute atomic E-state index is 0.949. The molecule has 0 saturated carbocycles. The zero-order valence-electron chi connectivity index (χ0n) is 14.7. The third-order valence-electron chi connectivity index (χ3n) is 4.42. The van der Waals surface area contributed by atoms with E-state index in [2.05, 4.69) is 97.3 Å².